The van der Waals surface area contributed by atoms with Crippen LogP contribution in [-0.4, -0.2) is 70.1 Å². The Morgan fingerprint density at radius 1 is 0.758 bits per heavy atom. The largest absolute Gasteiger partial charge is 0.481 e. The highest BCUT2D eigenvalue weighted by Crippen LogP contribution is 2.10. The first kappa shape index (κ1) is 29.9. The van der Waals surface area contributed by atoms with Crippen LogP contribution in [0.5, 0.6) is 0 Å². The number of carboxylic acid groups (broad SMARTS) is 2. The average molecular weight is 476 g/mol. The highest BCUT2D eigenvalue weighted by Gasteiger charge is 2.28. The molecule has 0 aliphatic heterocycles. The molecule has 12 nitrogen and oxygen atoms in total. The van der Waals surface area contributed by atoms with E-state index in [1.807, 2.05) is 0 Å². The molecule has 0 unspecified atom stereocenters. The molecule has 3 amide bonds. The summed E-state index contributed by atoms with van der Waals surface area (Å²) in [7, 11) is 0. The number of hydrogen-bond donors (Lipinski definition) is 5. The smallest absolute Gasteiger partial charge is 0.408 e. The number of ether oxygens (including phenoxy) is 2. The van der Waals surface area contributed by atoms with Gasteiger partial charge in [0.1, 0.15) is 23.3 Å². The van der Waals surface area contributed by atoms with Crippen molar-refractivity contribution in [2.75, 3.05) is 6.54 Å². The van der Waals surface area contributed by atoms with Crippen LogP contribution >= 0.6 is 0 Å². The van der Waals surface area contributed by atoms with Gasteiger partial charge in [0, 0.05) is 13.0 Å². The van der Waals surface area contributed by atoms with Gasteiger partial charge in [-0.3, -0.25) is 9.59 Å². The topological polar surface area (TPSA) is 180 Å². The van der Waals surface area contributed by atoms with Gasteiger partial charge in [-0.2, -0.15) is 0 Å². The van der Waals surface area contributed by atoms with E-state index < -0.39 is 59.7 Å². The number of hydrogen-bond acceptors (Lipinski definition) is 7. The molecule has 0 spiro atoms. The third kappa shape index (κ3) is 16.3. The van der Waals surface area contributed by atoms with E-state index in [2.05, 4.69) is 16.0 Å². The van der Waals surface area contributed by atoms with Crippen molar-refractivity contribution >= 4 is 30.0 Å². The summed E-state index contributed by atoms with van der Waals surface area (Å²) in [6, 6.07) is -2.54. The lowest BCUT2D eigenvalue weighted by atomic mass is 10.1. The molecular formula is C21H37N3O9. The van der Waals surface area contributed by atoms with Crippen molar-refractivity contribution in [1.82, 2.24) is 16.0 Å². The van der Waals surface area contributed by atoms with Gasteiger partial charge >= 0.3 is 24.1 Å². The molecule has 0 aliphatic rings. The molecule has 190 valence electrons. The summed E-state index contributed by atoms with van der Waals surface area (Å²) in [4.78, 5) is 58.6. The van der Waals surface area contributed by atoms with Gasteiger partial charge in [-0.1, -0.05) is 0 Å². The number of alkyl carbamates (subject to hydrolysis) is 2. The maximum absolute atomic E-state index is 12.7. The number of nitrogens with one attached hydrogen (secondary N) is 3. The zero-order chi connectivity index (χ0) is 25.8. The summed E-state index contributed by atoms with van der Waals surface area (Å²) in [5.41, 5.74) is -1.44. The van der Waals surface area contributed by atoms with Gasteiger partial charge in [0.2, 0.25) is 5.91 Å². The molecule has 0 fully saturated rings. The Labute approximate surface area is 193 Å². The Morgan fingerprint density at radius 2 is 1.30 bits per heavy atom. The summed E-state index contributed by atoms with van der Waals surface area (Å²) in [6.07, 6.45) is -1.20. The lowest BCUT2D eigenvalue weighted by molar-refractivity contribution is -0.143. The molecule has 12 heteroatoms. The minimum Gasteiger partial charge on any atom is -0.481 e. The Morgan fingerprint density at radius 3 is 1.79 bits per heavy atom. The molecule has 0 aromatic carbocycles. The van der Waals surface area contributed by atoms with Crippen molar-refractivity contribution in [2.24, 2.45) is 0 Å². The first-order valence-corrected chi connectivity index (χ1v) is 10.7. The Balaban J connectivity index is 4.97. The summed E-state index contributed by atoms with van der Waals surface area (Å²) in [6.45, 7) is 10.4. The molecule has 0 aliphatic carbocycles. The lowest BCUT2D eigenvalue weighted by Crippen LogP contribution is -2.52. The van der Waals surface area contributed by atoms with Gasteiger partial charge in [-0.25, -0.2) is 14.4 Å². The van der Waals surface area contributed by atoms with Gasteiger partial charge < -0.3 is 35.6 Å². The van der Waals surface area contributed by atoms with E-state index in [0.29, 0.717) is 12.8 Å². The summed E-state index contributed by atoms with van der Waals surface area (Å²) >= 11 is 0. The molecule has 0 aromatic heterocycles. The van der Waals surface area contributed by atoms with E-state index in [1.54, 1.807) is 41.5 Å². The highest BCUT2D eigenvalue weighted by atomic mass is 16.6. The van der Waals surface area contributed by atoms with E-state index in [1.165, 1.54) is 0 Å². The fourth-order valence-electron chi connectivity index (χ4n) is 2.49. The number of rotatable bonds is 12. The Hall–Kier alpha value is -3.05. The normalized spacial score (nSPS) is 13.3. The first-order chi connectivity index (χ1) is 15.0. The third-order valence-corrected chi connectivity index (χ3v) is 3.86. The molecule has 0 rings (SSSR count). The molecule has 33 heavy (non-hydrogen) atoms. The Kier molecular flexibility index (Phi) is 12.2. The van der Waals surface area contributed by atoms with Gasteiger partial charge in [-0.05, 0) is 67.2 Å². The second kappa shape index (κ2) is 13.5. The minimum absolute atomic E-state index is 0.131. The van der Waals surface area contributed by atoms with Crippen LogP contribution in [0.25, 0.3) is 0 Å². The van der Waals surface area contributed by atoms with Crippen LogP contribution in [0.4, 0.5) is 9.59 Å². The van der Waals surface area contributed by atoms with Crippen molar-refractivity contribution in [3.63, 3.8) is 0 Å². The molecule has 0 radical (unpaired) electrons. The van der Waals surface area contributed by atoms with Crippen LogP contribution in [0.1, 0.15) is 73.6 Å². The minimum atomic E-state index is -1.43. The zero-order valence-electron chi connectivity index (χ0n) is 20.1. The van der Waals surface area contributed by atoms with Gasteiger partial charge in [0.25, 0.3) is 0 Å². The fraction of sp³-hybridized carbons (Fsp3) is 0.762. The average Bonchev–Trinajstić information content (AvgIpc) is 2.60. The Bertz CT molecular complexity index is 696. The van der Waals surface area contributed by atoms with Crippen LogP contribution in [0, 0.1) is 0 Å². The van der Waals surface area contributed by atoms with Crippen LogP contribution < -0.4 is 16.0 Å². The monoisotopic (exact) mass is 475 g/mol. The molecule has 0 aromatic rings. The maximum atomic E-state index is 12.7. The third-order valence-electron chi connectivity index (χ3n) is 3.86. The zero-order valence-corrected chi connectivity index (χ0v) is 20.1. The summed E-state index contributed by atoms with van der Waals surface area (Å²) in [5, 5.41) is 25.3. The predicted molar refractivity (Wildman–Crippen MR) is 118 cm³/mol. The van der Waals surface area contributed by atoms with Gasteiger partial charge in [-0.15, -0.1) is 0 Å². The molecule has 0 saturated heterocycles. The number of carboxylic acids is 2. The summed E-state index contributed by atoms with van der Waals surface area (Å²) in [5.74, 6) is -3.36. The van der Waals surface area contributed by atoms with Gasteiger partial charge in [0.15, 0.2) is 0 Å². The van der Waals surface area contributed by atoms with Crippen LogP contribution in [0.2, 0.25) is 0 Å². The second-order valence-electron chi connectivity index (χ2n) is 9.46. The van der Waals surface area contributed by atoms with Crippen LogP contribution in [-0.2, 0) is 23.9 Å². The quantitative estimate of drug-likeness (QED) is 0.264. The fourth-order valence-corrected chi connectivity index (χ4v) is 2.49. The van der Waals surface area contributed by atoms with E-state index in [0.717, 1.165) is 0 Å². The van der Waals surface area contributed by atoms with Crippen molar-refractivity contribution in [2.45, 2.75) is 96.9 Å². The number of carbonyl (C=O) groups excluding carboxylic acids is 3. The molecule has 2 atom stereocenters. The van der Waals surface area contributed by atoms with Crippen molar-refractivity contribution in [3.8, 4) is 0 Å². The van der Waals surface area contributed by atoms with Crippen molar-refractivity contribution < 1.29 is 43.7 Å². The summed E-state index contributed by atoms with van der Waals surface area (Å²) < 4.78 is 10.3. The molecule has 0 saturated carbocycles. The predicted octanol–water partition coefficient (Wildman–Crippen LogP) is 2.01. The number of unbranched alkanes of at least 4 members (excludes halogenated alkanes) is 1. The second-order valence-corrected chi connectivity index (χ2v) is 9.46. The van der Waals surface area contributed by atoms with E-state index in [4.69, 9.17) is 14.6 Å². The number of aliphatic carboxylic acids is 2. The van der Waals surface area contributed by atoms with Crippen LogP contribution in [0.3, 0.4) is 0 Å². The highest BCUT2D eigenvalue weighted by molar-refractivity contribution is 5.89. The van der Waals surface area contributed by atoms with Crippen molar-refractivity contribution in [3.05, 3.63) is 0 Å². The molecule has 0 bridgehead atoms. The first-order valence-electron chi connectivity index (χ1n) is 10.7. The van der Waals surface area contributed by atoms with Gasteiger partial charge in [0.05, 0.1) is 0 Å². The lowest BCUT2D eigenvalue weighted by Gasteiger charge is -2.24. The van der Waals surface area contributed by atoms with E-state index in [9.17, 15) is 29.1 Å². The van der Waals surface area contributed by atoms with Crippen molar-refractivity contribution in [1.29, 1.82) is 0 Å². The van der Waals surface area contributed by atoms with Crippen LogP contribution in [0.15, 0.2) is 0 Å². The van der Waals surface area contributed by atoms with E-state index in [-0.39, 0.29) is 19.4 Å². The standard InChI is InChI=1S/C21H37N3O9/c1-20(2,3)32-18(30)22-12-8-7-9-13(24-19(31)33-21(4,5)6)16(27)23-14(17(28)29)10-11-15(25)26/h13-14H,7-12H2,1-6H3,(H,22,30)(H,23,27)(H,24,31)(H,25,26)(H,28,29)/t13-,14-/m0/s1. The number of amides is 3. The number of carbonyl (C=O) groups is 5. The molecule has 5 N–H and O–H groups in total. The maximum Gasteiger partial charge on any atom is 0.408 e. The molecular weight excluding hydrogens is 438 g/mol. The molecule has 0 heterocycles. The van der Waals surface area contributed by atoms with E-state index >= 15 is 0 Å². The SMILES string of the molecule is CC(C)(C)OC(=O)NCCCC[C@H](NC(=O)OC(C)(C)C)C(=O)N[C@@H](CCC(=O)O)C(=O)O.